The first-order valence-corrected chi connectivity index (χ1v) is 7.09. The number of amides is 1. The van der Waals surface area contributed by atoms with E-state index in [1.54, 1.807) is 18.9 Å². The van der Waals surface area contributed by atoms with Gasteiger partial charge in [0.25, 0.3) is 5.91 Å². The molecule has 0 bridgehead atoms. The average Bonchev–Trinajstić information content (AvgIpc) is 2.65. The third kappa shape index (κ3) is 4.68. The Hall–Kier alpha value is -1.34. The number of hydrogen-bond acceptors (Lipinski definition) is 6. The van der Waals surface area contributed by atoms with Gasteiger partial charge in [0.1, 0.15) is 10.7 Å². The summed E-state index contributed by atoms with van der Waals surface area (Å²) in [5.74, 6) is 0.0921. The fraction of sp³-hybridized carbons (Fsp3) is 0.667. The van der Waals surface area contributed by atoms with E-state index < -0.39 is 6.10 Å². The zero-order valence-electron chi connectivity index (χ0n) is 11.8. The molecule has 108 valence electrons. The minimum absolute atomic E-state index is 0.160. The first-order valence-electron chi connectivity index (χ1n) is 6.27. The quantitative estimate of drug-likeness (QED) is 0.735. The van der Waals surface area contributed by atoms with Gasteiger partial charge in [-0.15, -0.1) is 0 Å². The van der Waals surface area contributed by atoms with Crippen LogP contribution in [-0.2, 0) is 0 Å². The minimum atomic E-state index is -0.424. The molecule has 0 radical (unpaired) electrons. The molecule has 1 unspecified atom stereocenters. The molecule has 6 nitrogen and oxygen atoms in total. The van der Waals surface area contributed by atoms with Gasteiger partial charge in [0.05, 0.1) is 6.10 Å². The Bertz CT molecular complexity index is 431. The van der Waals surface area contributed by atoms with Crippen LogP contribution in [0.3, 0.4) is 0 Å². The van der Waals surface area contributed by atoms with Gasteiger partial charge in [-0.05, 0) is 27.2 Å². The van der Waals surface area contributed by atoms with Crippen molar-refractivity contribution in [2.24, 2.45) is 0 Å². The molecule has 4 N–H and O–H groups in total. The Morgan fingerprint density at radius 2 is 2.16 bits per heavy atom. The smallest absolute Gasteiger partial charge is 0.267 e. The van der Waals surface area contributed by atoms with Gasteiger partial charge >= 0.3 is 0 Å². The Balaban J connectivity index is 2.73. The number of hydrogen-bond donors (Lipinski definition) is 3. The van der Waals surface area contributed by atoms with Gasteiger partial charge in [-0.1, -0.05) is 11.3 Å². The van der Waals surface area contributed by atoms with Gasteiger partial charge in [-0.2, -0.15) is 0 Å². The molecular formula is C12H22N4O2S. The van der Waals surface area contributed by atoms with E-state index in [1.165, 1.54) is 11.3 Å². The zero-order chi connectivity index (χ0) is 14.6. The van der Waals surface area contributed by atoms with Crippen LogP contribution in [0.15, 0.2) is 0 Å². The van der Waals surface area contributed by atoms with Crippen LogP contribution >= 0.6 is 11.3 Å². The monoisotopic (exact) mass is 286 g/mol. The van der Waals surface area contributed by atoms with Crippen LogP contribution < -0.4 is 11.1 Å². The summed E-state index contributed by atoms with van der Waals surface area (Å²) in [6.07, 6.45) is 0.116. The molecule has 0 saturated heterocycles. The molecule has 19 heavy (non-hydrogen) atoms. The SMILES string of the molecule is CC(O)CCN(C)C(=O)c1sc(NC(C)C)nc1N. The molecule has 0 aliphatic heterocycles. The number of nitrogens with one attached hydrogen (secondary N) is 1. The molecule has 1 heterocycles. The molecule has 0 spiro atoms. The molecule has 1 atom stereocenters. The molecule has 7 heteroatoms. The minimum Gasteiger partial charge on any atom is -0.393 e. The van der Waals surface area contributed by atoms with Gasteiger partial charge in [-0.25, -0.2) is 4.98 Å². The molecule has 0 saturated carbocycles. The highest BCUT2D eigenvalue weighted by atomic mass is 32.1. The Morgan fingerprint density at radius 1 is 1.53 bits per heavy atom. The van der Waals surface area contributed by atoms with Crippen molar-refractivity contribution in [1.29, 1.82) is 0 Å². The second-order valence-electron chi connectivity index (χ2n) is 4.90. The molecule has 1 aromatic heterocycles. The Kier molecular flexibility index (Phi) is 5.56. The molecule has 1 aromatic rings. The first kappa shape index (κ1) is 15.7. The molecule has 0 fully saturated rings. The van der Waals surface area contributed by atoms with E-state index in [1.807, 2.05) is 13.8 Å². The lowest BCUT2D eigenvalue weighted by atomic mass is 10.2. The van der Waals surface area contributed by atoms with Crippen molar-refractivity contribution in [3.8, 4) is 0 Å². The number of aliphatic hydroxyl groups is 1. The largest absolute Gasteiger partial charge is 0.393 e. The van der Waals surface area contributed by atoms with Crippen LogP contribution in [0.1, 0.15) is 36.9 Å². The van der Waals surface area contributed by atoms with E-state index in [2.05, 4.69) is 10.3 Å². The lowest BCUT2D eigenvalue weighted by molar-refractivity contribution is 0.0774. The number of nitrogen functional groups attached to an aromatic ring is 1. The van der Waals surface area contributed by atoms with Crippen molar-refractivity contribution < 1.29 is 9.90 Å². The maximum absolute atomic E-state index is 12.2. The van der Waals surface area contributed by atoms with E-state index >= 15 is 0 Å². The molecule has 0 aliphatic carbocycles. The third-order valence-corrected chi connectivity index (χ3v) is 3.48. The molecule has 1 rings (SSSR count). The predicted molar refractivity (Wildman–Crippen MR) is 78.5 cm³/mol. The highest BCUT2D eigenvalue weighted by Gasteiger charge is 2.20. The maximum atomic E-state index is 12.2. The van der Waals surface area contributed by atoms with Crippen molar-refractivity contribution >= 4 is 28.2 Å². The fourth-order valence-electron chi connectivity index (χ4n) is 1.45. The fourth-order valence-corrected chi connectivity index (χ4v) is 2.47. The van der Waals surface area contributed by atoms with Crippen molar-refractivity contribution in [1.82, 2.24) is 9.88 Å². The average molecular weight is 286 g/mol. The van der Waals surface area contributed by atoms with Gasteiger partial charge in [0, 0.05) is 19.6 Å². The maximum Gasteiger partial charge on any atom is 0.267 e. The number of anilines is 2. The number of rotatable bonds is 6. The summed E-state index contributed by atoms with van der Waals surface area (Å²) < 4.78 is 0. The van der Waals surface area contributed by atoms with Gasteiger partial charge in [-0.3, -0.25) is 4.79 Å². The number of aliphatic hydroxyl groups excluding tert-OH is 1. The number of carbonyl (C=O) groups excluding carboxylic acids is 1. The van der Waals surface area contributed by atoms with Gasteiger partial charge in [0.2, 0.25) is 0 Å². The number of aromatic nitrogens is 1. The molecular weight excluding hydrogens is 264 g/mol. The molecule has 0 aliphatic rings. The van der Waals surface area contributed by atoms with Crippen LogP contribution in [0.4, 0.5) is 10.9 Å². The topological polar surface area (TPSA) is 91.5 Å². The van der Waals surface area contributed by atoms with E-state index in [0.717, 1.165) is 0 Å². The summed E-state index contributed by atoms with van der Waals surface area (Å²) in [6.45, 7) is 6.17. The summed E-state index contributed by atoms with van der Waals surface area (Å²) in [6, 6.07) is 0.237. The van der Waals surface area contributed by atoms with Crippen LogP contribution in [0.2, 0.25) is 0 Å². The van der Waals surface area contributed by atoms with Crippen LogP contribution in [0.5, 0.6) is 0 Å². The second kappa shape index (κ2) is 6.72. The third-order valence-electron chi connectivity index (χ3n) is 2.49. The lowest BCUT2D eigenvalue weighted by Crippen LogP contribution is -2.29. The van der Waals surface area contributed by atoms with Crippen LogP contribution in [-0.4, -0.2) is 46.6 Å². The van der Waals surface area contributed by atoms with E-state index in [4.69, 9.17) is 5.73 Å². The number of nitrogens with zero attached hydrogens (tertiary/aromatic N) is 2. The van der Waals surface area contributed by atoms with E-state index in [0.29, 0.717) is 23.0 Å². The number of thiazole rings is 1. The zero-order valence-corrected chi connectivity index (χ0v) is 12.6. The summed E-state index contributed by atoms with van der Waals surface area (Å²) in [5, 5.41) is 13.0. The number of nitrogens with two attached hydrogens (primary N) is 1. The lowest BCUT2D eigenvalue weighted by Gasteiger charge is -2.17. The van der Waals surface area contributed by atoms with Crippen molar-refractivity contribution in [3.05, 3.63) is 4.88 Å². The highest BCUT2D eigenvalue weighted by Crippen LogP contribution is 2.26. The van der Waals surface area contributed by atoms with Crippen LogP contribution in [0.25, 0.3) is 0 Å². The summed E-state index contributed by atoms with van der Waals surface area (Å²) >= 11 is 1.26. The normalized spacial score (nSPS) is 12.5. The summed E-state index contributed by atoms with van der Waals surface area (Å²) in [7, 11) is 1.69. The predicted octanol–water partition coefficient (Wildman–Crippen LogP) is 1.39. The summed E-state index contributed by atoms with van der Waals surface area (Å²) in [5.41, 5.74) is 5.77. The van der Waals surface area contributed by atoms with Crippen LogP contribution in [0, 0.1) is 0 Å². The summed E-state index contributed by atoms with van der Waals surface area (Å²) in [4.78, 5) is 18.3. The van der Waals surface area contributed by atoms with Crippen molar-refractivity contribution in [3.63, 3.8) is 0 Å². The van der Waals surface area contributed by atoms with Crippen molar-refractivity contribution in [2.75, 3.05) is 24.6 Å². The van der Waals surface area contributed by atoms with Crippen molar-refractivity contribution in [2.45, 2.75) is 39.3 Å². The first-order chi connectivity index (χ1) is 8.81. The highest BCUT2D eigenvalue weighted by molar-refractivity contribution is 7.18. The Morgan fingerprint density at radius 3 is 2.68 bits per heavy atom. The second-order valence-corrected chi connectivity index (χ2v) is 5.90. The van der Waals surface area contributed by atoms with E-state index in [-0.39, 0.29) is 17.8 Å². The molecule has 1 amide bonds. The Labute approximate surface area is 117 Å². The number of carbonyl (C=O) groups is 1. The van der Waals surface area contributed by atoms with Gasteiger partial charge in [0.15, 0.2) is 5.13 Å². The molecule has 0 aromatic carbocycles. The standard InChI is InChI=1S/C12H22N4O2S/c1-7(2)14-12-15-10(13)9(19-12)11(18)16(4)6-5-8(3)17/h7-8,17H,5-6,13H2,1-4H3,(H,14,15). The van der Waals surface area contributed by atoms with E-state index in [9.17, 15) is 9.90 Å². The van der Waals surface area contributed by atoms with Gasteiger partial charge < -0.3 is 21.1 Å².